The van der Waals surface area contributed by atoms with Crippen LogP contribution in [0, 0.1) is 11.3 Å². The summed E-state index contributed by atoms with van der Waals surface area (Å²) in [6.07, 6.45) is 0. The number of hydrogen-bond donors (Lipinski definition) is 0. The van der Waals surface area contributed by atoms with E-state index in [1.807, 2.05) is 6.07 Å². The largest absolute Gasteiger partial charge is 0.299 e. The predicted molar refractivity (Wildman–Crippen MR) is 88.5 cm³/mol. The first-order valence-electron chi connectivity index (χ1n) is 6.35. The van der Waals surface area contributed by atoms with Gasteiger partial charge in [0.25, 0.3) is 11.7 Å². The van der Waals surface area contributed by atoms with Crippen LogP contribution in [-0.2, 0) is 11.3 Å². The maximum absolute atomic E-state index is 12.2. The van der Waals surface area contributed by atoms with Crippen LogP contribution in [-0.4, -0.2) is 11.7 Å². The lowest BCUT2D eigenvalue weighted by molar-refractivity contribution is -0.114. The van der Waals surface area contributed by atoms with Gasteiger partial charge < -0.3 is 0 Å². The smallest absolute Gasteiger partial charge is 0.299 e. The standard InChI is InChI=1S/C16H8Br2N2O2/c17-11-5-12-14(13(18)6-11)20(16(22)15(12)21)8-10-3-1-9(7-19)2-4-10/h1-6H,8H2. The van der Waals surface area contributed by atoms with E-state index in [1.54, 1.807) is 36.4 Å². The molecule has 0 aromatic heterocycles. The number of halogens is 2. The number of amides is 1. The zero-order valence-corrected chi connectivity index (χ0v) is 14.3. The molecule has 0 saturated carbocycles. The van der Waals surface area contributed by atoms with Gasteiger partial charge in [-0.25, -0.2) is 0 Å². The van der Waals surface area contributed by atoms with Crippen molar-refractivity contribution in [3.63, 3.8) is 0 Å². The summed E-state index contributed by atoms with van der Waals surface area (Å²) in [5.74, 6) is -1.05. The van der Waals surface area contributed by atoms with Gasteiger partial charge in [0.15, 0.2) is 0 Å². The van der Waals surface area contributed by atoms with Crippen molar-refractivity contribution < 1.29 is 9.59 Å². The molecule has 1 amide bonds. The monoisotopic (exact) mass is 418 g/mol. The van der Waals surface area contributed by atoms with Crippen LogP contribution in [0.2, 0.25) is 0 Å². The van der Waals surface area contributed by atoms with Crippen molar-refractivity contribution in [3.8, 4) is 6.07 Å². The number of anilines is 1. The van der Waals surface area contributed by atoms with Crippen molar-refractivity contribution >= 4 is 49.2 Å². The summed E-state index contributed by atoms with van der Waals surface area (Å²) in [5, 5.41) is 8.81. The molecule has 0 N–H and O–H groups in total. The highest BCUT2D eigenvalue weighted by Crippen LogP contribution is 2.39. The number of hydrogen-bond acceptors (Lipinski definition) is 3. The molecule has 1 aliphatic rings. The van der Waals surface area contributed by atoms with Crippen molar-refractivity contribution in [2.45, 2.75) is 6.54 Å². The number of rotatable bonds is 2. The third-order valence-electron chi connectivity index (χ3n) is 3.41. The second kappa shape index (κ2) is 5.67. The fraction of sp³-hybridized carbons (Fsp3) is 0.0625. The van der Waals surface area contributed by atoms with Gasteiger partial charge in [0, 0.05) is 8.95 Å². The number of carbonyl (C=O) groups is 2. The van der Waals surface area contributed by atoms with E-state index in [1.165, 1.54) is 4.90 Å². The minimum Gasteiger partial charge on any atom is -0.299 e. The summed E-state index contributed by atoms with van der Waals surface area (Å²) in [5.41, 5.74) is 2.38. The summed E-state index contributed by atoms with van der Waals surface area (Å²) in [6, 6.07) is 12.4. The van der Waals surface area contributed by atoms with E-state index >= 15 is 0 Å². The molecule has 1 heterocycles. The Labute approximate surface area is 143 Å². The maximum atomic E-state index is 12.2. The average Bonchev–Trinajstić information content (AvgIpc) is 2.73. The van der Waals surface area contributed by atoms with Gasteiger partial charge >= 0.3 is 0 Å². The van der Waals surface area contributed by atoms with E-state index in [-0.39, 0.29) is 6.54 Å². The van der Waals surface area contributed by atoms with E-state index in [0.717, 1.165) is 10.0 Å². The van der Waals surface area contributed by atoms with Gasteiger partial charge in [-0.15, -0.1) is 0 Å². The summed E-state index contributed by atoms with van der Waals surface area (Å²) >= 11 is 6.73. The van der Waals surface area contributed by atoms with E-state index in [9.17, 15) is 9.59 Å². The minimum absolute atomic E-state index is 0.281. The Morgan fingerprint density at radius 1 is 1.09 bits per heavy atom. The van der Waals surface area contributed by atoms with Crippen LogP contribution in [0.3, 0.4) is 0 Å². The third kappa shape index (κ3) is 2.47. The fourth-order valence-electron chi connectivity index (χ4n) is 2.37. The lowest BCUT2D eigenvalue weighted by atomic mass is 10.1. The van der Waals surface area contributed by atoms with Crippen molar-refractivity contribution in [1.82, 2.24) is 0 Å². The molecule has 6 heteroatoms. The molecule has 0 bridgehead atoms. The van der Waals surface area contributed by atoms with Crippen LogP contribution in [0.15, 0.2) is 45.3 Å². The van der Waals surface area contributed by atoms with E-state index in [4.69, 9.17) is 5.26 Å². The number of nitrogens with zero attached hydrogens (tertiary/aromatic N) is 2. The molecule has 0 saturated heterocycles. The molecule has 0 spiro atoms. The summed E-state index contributed by atoms with van der Waals surface area (Å²) < 4.78 is 1.42. The Morgan fingerprint density at radius 3 is 2.41 bits per heavy atom. The van der Waals surface area contributed by atoms with Crippen LogP contribution in [0.25, 0.3) is 0 Å². The summed E-state index contributed by atoms with van der Waals surface area (Å²) in [6.45, 7) is 0.281. The molecular formula is C16H8Br2N2O2. The maximum Gasteiger partial charge on any atom is 0.299 e. The Bertz CT molecular complexity index is 838. The highest BCUT2D eigenvalue weighted by atomic mass is 79.9. The fourth-order valence-corrected chi connectivity index (χ4v) is 3.81. The predicted octanol–water partition coefficient (Wildman–Crippen LogP) is 3.81. The molecule has 0 unspecified atom stereocenters. The first-order chi connectivity index (χ1) is 10.5. The minimum atomic E-state index is -0.543. The topological polar surface area (TPSA) is 61.2 Å². The molecule has 0 atom stereocenters. The molecular weight excluding hydrogens is 412 g/mol. The molecule has 0 radical (unpaired) electrons. The number of Topliss-reactive ketones (excluding diaryl/α,β-unsaturated/α-hetero) is 1. The number of ketones is 1. The quantitative estimate of drug-likeness (QED) is 0.695. The van der Waals surface area contributed by atoms with Crippen molar-refractivity contribution in [3.05, 3.63) is 62.0 Å². The van der Waals surface area contributed by atoms with Gasteiger partial charge in [-0.2, -0.15) is 5.26 Å². The lowest BCUT2D eigenvalue weighted by Gasteiger charge is -2.18. The van der Waals surface area contributed by atoms with Crippen molar-refractivity contribution in [2.75, 3.05) is 4.90 Å². The van der Waals surface area contributed by atoms with Crippen LogP contribution in [0.1, 0.15) is 21.5 Å². The van der Waals surface area contributed by atoms with E-state index < -0.39 is 11.7 Å². The zero-order valence-electron chi connectivity index (χ0n) is 11.1. The van der Waals surface area contributed by atoms with Crippen LogP contribution < -0.4 is 4.90 Å². The number of carbonyl (C=O) groups excluding carboxylic acids is 2. The van der Waals surface area contributed by atoms with E-state index in [2.05, 4.69) is 31.9 Å². The molecule has 0 fully saturated rings. The molecule has 0 aliphatic carbocycles. The lowest BCUT2D eigenvalue weighted by Crippen LogP contribution is -2.29. The molecule has 2 aromatic rings. The SMILES string of the molecule is N#Cc1ccc(CN2C(=O)C(=O)c3cc(Br)cc(Br)c32)cc1. The van der Waals surface area contributed by atoms with Gasteiger partial charge in [0.2, 0.25) is 0 Å². The molecule has 2 aromatic carbocycles. The Morgan fingerprint density at radius 2 is 1.77 bits per heavy atom. The first kappa shape index (κ1) is 14.9. The molecule has 4 nitrogen and oxygen atoms in total. The average molecular weight is 420 g/mol. The van der Waals surface area contributed by atoms with Gasteiger partial charge in [-0.05, 0) is 45.8 Å². The molecule has 3 rings (SSSR count). The van der Waals surface area contributed by atoms with Gasteiger partial charge in [0.05, 0.1) is 29.4 Å². The number of fused-ring (bicyclic) bond motifs is 1. The Hall–Kier alpha value is -1.97. The van der Waals surface area contributed by atoms with Gasteiger partial charge in [-0.3, -0.25) is 14.5 Å². The normalized spacial score (nSPS) is 13.2. The van der Waals surface area contributed by atoms with Crippen LogP contribution >= 0.6 is 31.9 Å². The van der Waals surface area contributed by atoms with Crippen molar-refractivity contribution in [2.24, 2.45) is 0 Å². The summed E-state index contributed by atoms with van der Waals surface area (Å²) in [4.78, 5) is 25.8. The van der Waals surface area contributed by atoms with Gasteiger partial charge in [-0.1, -0.05) is 28.1 Å². The van der Waals surface area contributed by atoms with E-state index in [0.29, 0.717) is 21.3 Å². The Balaban J connectivity index is 2.00. The number of benzene rings is 2. The van der Waals surface area contributed by atoms with Gasteiger partial charge in [0.1, 0.15) is 0 Å². The first-order valence-corrected chi connectivity index (χ1v) is 7.94. The third-order valence-corrected chi connectivity index (χ3v) is 4.47. The molecule has 22 heavy (non-hydrogen) atoms. The second-order valence-electron chi connectivity index (χ2n) is 4.81. The molecule has 1 aliphatic heterocycles. The second-order valence-corrected chi connectivity index (χ2v) is 6.58. The van der Waals surface area contributed by atoms with Crippen molar-refractivity contribution in [1.29, 1.82) is 5.26 Å². The highest BCUT2D eigenvalue weighted by molar-refractivity contribution is 9.11. The van der Waals surface area contributed by atoms with Crippen LogP contribution in [0.4, 0.5) is 5.69 Å². The number of nitriles is 1. The highest BCUT2D eigenvalue weighted by Gasteiger charge is 2.37. The summed E-state index contributed by atoms with van der Waals surface area (Å²) in [7, 11) is 0. The van der Waals surface area contributed by atoms with Crippen LogP contribution in [0.5, 0.6) is 0 Å². The molecule has 108 valence electrons. The zero-order chi connectivity index (χ0) is 15.9. The Kier molecular flexibility index (Phi) is 3.85.